The van der Waals surface area contributed by atoms with E-state index in [2.05, 4.69) is 10.2 Å². The second-order valence-electron chi connectivity index (χ2n) is 4.13. The molecule has 18 heavy (non-hydrogen) atoms. The van der Waals surface area contributed by atoms with Crippen LogP contribution in [0.25, 0.3) is 0 Å². The van der Waals surface area contributed by atoms with Crippen LogP contribution in [0.1, 0.15) is 29.1 Å². The molecule has 94 valence electrons. The molecule has 0 saturated heterocycles. The first kappa shape index (κ1) is 11.4. The molecular weight excluding hydrogens is 250 g/mol. The van der Waals surface area contributed by atoms with Crippen molar-refractivity contribution in [3.05, 3.63) is 34.3 Å². The van der Waals surface area contributed by atoms with Crippen molar-refractivity contribution in [2.75, 3.05) is 6.61 Å². The number of aromatic nitrogens is 2. The van der Waals surface area contributed by atoms with Gasteiger partial charge < -0.3 is 15.2 Å². The lowest BCUT2D eigenvalue weighted by molar-refractivity contribution is 0.0906. The van der Waals surface area contributed by atoms with Crippen LogP contribution in [-0.2, 0) is 0 Å². The van der Waals surface area contributed by atoms with Crippen LogP contribution < -0.4 is 15.2 Å². The van der Waals surface area contributed by atoms with Gasteiger partial charge in [0.2, 0.25) is 0 Å². The number of rotatable bonds is 2. The molecule has 3 rings (SSSR count). The molecule has 2 atom stereocenters. The van der Waals surface area contributed by atoms with Crippen LogP contribution in [-0.4, -0.2) is 16.8 Å². The molecule has 6 heteroatoms. The Bertz CT molecular complexity index is 556. The van der Waals surface area contributed by atoms with Gasteiger partial charge in [-0.1, -0.05) is 23.5 Å². The fraction of sp³-hybridized carbons (Fsp3) is 0.333. The van der Waals surface area contributed by atoms with E-state index in [1.165, 1.54) is 11.3 Å². The first-order chi connectivity index (χ1) is 8.74. The van der Waals surface area contributed by atoms with Crippen LogP contribution in [0.5, 0.6) is 11.5 Å². The number of ether oxygens (including phenoxy) is 2. The Morgan fingerprint density at radius 2 is 2.11 bits per heavy atom. The Morgan fingerprint density at radius 3 is 2.83 bits per heavy atom. The van der Waals surface area contributed by atoms with Crippen molar-refractivity contribution in [2.24, 2.45) is 5.73 Å². The minimum absolute atomic E-state index is 0.104. The highest BCUT2D eigenvalue weighted by Crippen LogP contribution is 2.36. The Labute approximate surface area is 109 Å². The molecule has 1 aliphatic rings. The van der Waals surface area contributed by atoms with Crippen LogP contribution in [0.3, 0.4) is 0 Å². The zero-order chi connectivity index (χ0) is 12.5. The van der Waals surface area contributed by atoms with Crippen molar-refractivity contribution >= 4 is 11.3 Å². The fourth-order valence-electron chi connectivity index (χ4n) is 1.70. The summed E-state index contributed by atoms with van der Waals surface area (Å²) in [7, 11) is 0. The SMILES string of the molecule is CC(N)c1nnc(C2COc3ccccc3O2)s1. The summed E-state index contributed by atoms with van der Waals surface area (Å²) in [5, 5.41) is 9.79. The van der Waals surface area contributed by atoms with Gasteiger partial charge in [0, 0.05) is 0 Å². The fourth-order valence-corrected chi connectivity index (χ4v) is 2.51. The Balaban J connectivity index is 1.83. The van der Waals surface area contributed by atoms with E-state index >= 15 is 0 Å². The molecule has 2 aromatic rings. The van der Waals surface area contributed by atoms with Gasteiger partial charge in [0.1, 0.15) is 11.6 Å². The first-order valence-corrected chi connectivity index (χ1v) is 6.53. The smallest absolute Gasteiger partial charge is 0.186 e. The molecule has 0 amide bonds. The molecule has 0 radical (unpaired) electrons. The van der Waals surface area contributed by atoms with E-state index in [1.54, 1.807) is 0 Å². The quantitative estimate of drug-likeness (QED) is 0.898. The standard InChI is InChI=1S/C12H13N3O2S/c1-7(13)11-14-15-12(18-11)10-6-16-8-4-2-3-5-9(8)17-10/h2-5,7,10H,6,13H2,1H3. The summed E-state index contributed by atoms with van der Waals surface area (Å²) in [6, 6.07) is 7.50. The van der Waals surface area contributed by atoms with Gasteiger partial charge in [0.25, 0.3) is 0 Å². The van der Waals surface area contributed by atoms with Crippen LogP contribution in [0, 0.1) is 0 Å². The summed E-state index contributed by atoms with van der Waals surface area (Å²) in [6.07, 6.45) is -0.204. The lowest BCUT2D eigenvalue weighted by Crippen LogP contribution is -2.21. The molecule has 5 nitrogen and oxygen atoms in total. The average Bonchev–Trinajstić information content (AvgIpc) is 2.88. The minimum Gasteiger partial charge on any atom is -0.485 e. The molecule has 1 aliphatic heterocycles. The maximum Gasteiger partial charge on any atom is 0.186 e. The Kier molecular flexibility index (Phi) is 2.89. The lowest BCUT2D eigenvalue weighted by atomic mass is 10.3. The topological polar surface area (TPSA) is 70.3 Å². The third kappa shape index (κ3) is 2.04. The molecule has 0 fully saturated rings. The Morgan fingerprint density at radius 1 is 1.33 bits per heavy atom. The van der Waals surface area contributed by atoms with Crippen molar-refractivity contribution in [2.45, 2.75) is 19.1 Å². The highest BCUT2D eigenvalue weighted by molar-refractivity contribution is 7.11. The monoisotopic (exact) mass is 263 g/mol. The van der Waals surface area contributed by atoms with Crippen LogP contribution in [0.4, 0.5) is 0 Å². The van der Waals surface area contributed by atoms with E-state index in [1.807, 2.05) is 31.2 Å². The van der Waals surface area contributed by atoms with Gasteiger partial charge in [-0.2, -0.15) is 0 Å². The summed E-state index contributed by atoms with van der Waals surface area (Å²) < 4.78 is 11.5. The van der Waals surface area contributed by atoms with Crippen molar-refractivity contribution in [3.8, 4) is 11.5 Å². The zero-order valence-electron chi connectivity index (χ0n) is 9.87. The molecule has 1 aromatic carbocycles. The molecule has 1 aromatic heterocycles. The number of nitrogens with two attached hydrogens (primary N) is 1. The lowest BCUT2D eigenvalue weighted by Gasteiger charge is -2.24. The van der Waals surface area contributed by atoms with Gasteiger partial charge in [-0.05, 0) is 19.1 Å². The molecule has 0 spiro atoms. The summed E-state index contributed by atoms with van der Waals surface area (Å²) >= 11 is 1.47. The van der Waals surface area contributed by atoms with Gasteiger partial charge >= 0.3 is 0 Å². The molecule has 2 heterocycles. The largest absolute Gasteiger partial charge is 0.485 e. The molecule has 2 N–H and O–H groups in total. The predicted octanol–water partition coefficient (Wildman–Crippen LogP) is 2.07. The number of benzene rings is 1. The second kappa shape index (κ2) is 4.55. The van der Waals surface area contributed by atoms with Crippen LogP contribution in [0.15, 0.2) is 24.3 Å². The van der Waals surface area contributed by atoms with E-state index in [9.17, 15) is 0 Å². The Hall–Kier alpha value is -1.66. The van der Waals surface area contributed by atoms with Gasteiger partial charge in [-0.25, -0.2) is 0 Å². The number of hydrogen-bond acceptors (Lipinski definition) is 6. The highest BCUT2D eigenvalue weighted by Gasteiger charge is 2.26. The summed E-state index contributed by atoms with van der Waals surface area (Å²) in [4.78, 5) is 0. The molecule has 0 saturated carbocycles. The van der Waals surface area contributed by atoms with Crippen LogP contribution in [0.2, 0.25) is 0 Å². The summed E-state index contributed by atoms with van der Waals surface area (Å²) in [5.74, 6) is 1.51. The van der Waals surface area contributed by atoms with Crippen molar-refractivity contribution in [3.63, 3.8) is 0 Å². The second-order valence-corrected chi connectivity index (χ2v) is 5.17. The number of hydrogen-bond donors (Lipinski definition) is 1. The first-order valence-electron chi connectivity index (χ1n) is 5.71. The van der Waals surface area contributed by atoms with E-state index in [0.717, 1.165) is 21.5 Å². The number of nitrogens with zero attached hydrogens (tertiary/aromatic N) is 2. The maximum atomic E-state index is 5.85. The third-order valence-corrected chi connectivity index (χ3v) is 3.85. The van der Waals surface area contributed by atoms with E-state index in [4.69, 9.17) is 15.2 Å². The zero-order valence-corrected chi connectivity index (χ0v) is 10.7. The van der Waals surface area contributed by atoms with Gasteiger partial charge in [0.15, 0.2) is 22.6 Å². The van der Waals surface area contributed by atoms with Crippen molar-refractivity contribution < 1.29 is 9.47 Å². The summed E-state index contributed by atoms with van der Waals surface area (Å²) in [6.45, 7) is 2.34. The van der Waals surface area contributed by atoms with Gasteiger partial charge in [-0.15, -0.1) is 10.2 Å². The van der Waals surface area contributed by atoms with Gasteiger partial charge in [0.05, 0.1) is 6.04 Å². The molecule has 0 aliphatic carbocycles. The highest BCUT2D eigenvalue weighted by atomic mass is 32.1. The third-order valence-electron chi connectivity index (χ3n) is 2.63. The van der Waals surface area contributed by atoms with E-state index in [0.29, 0.717) is 6.61 Å². The average molecular weight is 263 g/mol. The molecule has 0 bridgehead atoms. The van der Waals surface area contributed by atoms with Crippen molar-refractivity contribution in [1.82, 2.24) is 10.2 Å². The van der Waals surface area contributed by atoms with Gasteiger partial charge in [-0.3, -0.25) is 0 Å². The van der Waals surface area contributed by atoms with E-state index < -0.39 is 0 Å². The summed E-state index contributed by atoms with van der Waals surface area (Å²) in [5.41, 5.74) is 5.77. The molecular formula is C12H13N3O2S. The predicted molar refractivity (Wildman–Crippen MR) is 67.8 cm³/mol. The van der Waals surface area contributed by atoms with Crippen LogP contribution >= 0.6 is 11.3 Å². The maximum absolute atomic E-state index is 5.85. The molecule has 2 unspecified atom stereocenters. The normalized spacial score (nSPS) is 19.6. The minimum atomic E-state index is -0.204. The van der Waals surface area contributed by atoms with E-state index in [-0.39, 0.29) is 12.1 Å². The van der Waals surface area contributed by atoms with Crippen molar-refractivity contribution in [1.29, 1.82) is 0 Å². The number of para-hydroxylation sites is 2. The number of fused-ring (bicyclic) bond motifs is 1.